The maximum atomic E-state index is 14.9. The molecule has 0 N–H and O–H groups in total. The monoisotopic (exact) mass is 434 g/mol. The van der Waals surface area contributed by atoms with Gasteiger partial charge in [-0.25, -0.2) is 13.2 Å². The molecule has 0 aromatic heterocycles. The Morgan fingerprint density at radius 2 is 1.44 bits per heavy atom. The summed E-state index contributed by atoms with van der Waals surface area (Å²) in [6, 6.07) is 16.0. The topological polar surface area (TPSA) is 0 Å². The first-order valence-corrected chi connectivity index (χ1v) is 11.5. The van der Waals surface area contributed by atoms with Crippen molar-refractivity contribution in [2.45, 2.75) is 51.9 Å². The standard InChI is InChI=1S/C29H29F3/c1-3-22-13-10-21(18-27(22)30)7-6-20-8-14-24(15-9-20)26-17-16-25(28(31)29(26)32)23-11-4-19(2)5-12-23/h6-10,13-19,23H,3-5,11-12H2,1-2H3/b7-6+. The lowest BCUT2D eigenvalue weighted by atomic mass is 9.79. The highest BCUT2D eigenvalue weighted by atomic mass is 19.2. The van der Waals surface area contributed by atoms with Crippen molar-refractivity contribution < 1.29 is 13.2 Å². The Kier molecular flexibility index (Phi) is 6.83. The minimum atomic E-state index is -0.768. The van der Waals surface area contributed by atoms with Gasteiger partial charge < -0.3 is 0 Å². The summed E-state index contributed by atoms with van der Waals surface area (Å²) in [4.78, 5) is 0. The number of hydrogen-bond donors (Lipinski definition) is 0. The van der Waals surface area contributed by atoms with Gasteiger partial charge in [-0.05, 0) is 65.0 Å². The first kappa shape index (κ1) is 22.4. The lowest BCUT2D eigenvalue weighted by molar-refractivity contribution is 0.339. The van der Waals surface area contributed by atoms with Crippen molar-refractivity contribution in [1.82, 2.24) is 0 Å². The molecule has 0 nitrogen and oxygen atoms in total. The molecule has 1 fully saturated rings. The molecule has 0 spiro atoms. The van der Waals surface area contributed by atoms with E-state index in [4.69, 9.17) is 0 Å². The van der Waals surface area contributed by atoms with E-state index >= 15 is 0 Å². The van der Waals surface area contributed by atoms with Crippen LogP contribution in [0.4, 0.5) is 13.2 Å². The SMILES string of the molecule is CCc1ccc(/C=C/c2ccc(-c3ccc(C4CCC(C)CC4)c(F)c3F)cc2)cc1F. The van der Waals surface area contributed by atoms with Crippen LogP contribution in [0.3, 0.4) is 0 Å². The van der Waals surface area contributed by atoms with Gasteiger partial charge in [0.25, 0.3) is 0 Å². The van der Waals surface area contributed by atoms with E-state index < -0.39 is 11.6 Å². The van der Waals surface area contributed by atoms with Gasteiger partial charge in [-0.2, -0.15) is 0 Å². The Morgan fingerprint density at radius 3 is 2.09 bits per heavy atom. The van der Waals surface area contributed by atoms with Gasteiger partial charge in [-0.1, -0.05) is 87.4 Å². The zero-order valence-corrected chi connectivity index (χ0v) is 18.7. The van der Waals surface area contributed by atoms with Crippen LogP contribution in [0.25, 0.3) is 23.3 Å². The van der Waals surface area contributed by atoms with E-state index in [1.165, 1.54) is 6.07 Å². The molecular formula is C29H29F3. The fraction of sp³-hybridized carbons (Fsp3) is 0.310. The summed E-state index contributed by atoms with van der Waals surface area (Å²) in [7, 11) is 0. The van der Waals surface area contributed by atoms with Crippen molar-refractivity contribution in [3.63, 3.8) is 0 Å². The molecule has 0 heterocycles. The van der Waals surface area contributed by atoms with Crippen molar-refractivity contribution in [2.24, 2.45) is 5.92 Å². The van der Waals surface area contributed by atoms with Gasteiger partial charge in [-0.3, -0.25) is 0 Å². The van der Waals surface area contributed by atoms with Gasteiger partial charge in [-0.15, -0.1) is 0 Å². The number of rotatable bonds is 5. The summed E-state index contributed by atoms with van der Waals surface area (Å²) in [6.45, 7) is 4.14. The molecule has 1 saturated carbocycles. The van der Waals surface area contributed by atoms with E-state index in [0.717, 1.165) is 36.8 Å². The molecule has 0 atom stereocenters. The third-order valence-corrected chi connectivity index (χ3v) is 6.72. The summed E-state index contributed by atoms with van der Waals surface area (Å²) >= 11 is 0. The second-order valence-electron chi connectivity index (χ2n) is 8.95. The van der Waals surface area contributed by atoms with Gasteiger partial charge in [0.05, 0.1) is 0 Å². The molecule has 0 unspecified atom stereocenters. The highest BCUT2D eigenvalue weighted by Crippen LogP contribution is 2.38. The van der Waals surface area contributed by atoms with E-state index in [1.807, 2.05) is 37.3 Å². The van der Waals surface area contributed by atoms with Crippen LogP contribution in [0.1, 0.15) is 67.7 Å². The van der Waals surface area contributed by atoms with Gasteiger partial charge in [0.2, 0.25) is 0 Å². The third kappa shape index (κ3) is 4.82. The molecule has 3 aromatic rings. The first-order chi connectivity index (χ1) is 15.5. The fourth-order valence-corrected chi connectivity index (χ4v) is 4.59. The first-order valence-electron chi connectivity index (χ1n) is 11.5. The molecule has 3 heteroatoms. The number of aryl methyl sites for hydroxylation is 1. The van der Waals surface area contributed by atoms with Crippen LogP contribution in [-0.2, 0) is 6.42 Å². The number of benzene rings is 3. The smallest absolute Gasteiger partial charge is 0.166 e. The predicted molar refractivity (Wildman–Crippen MR) is 127 cm³/mol. The maximum Gasteiger partial charge on any atom is 0.166 e. The molecule has 166 valence electrons. The van der Waals surface area contributed by atoms with E-state index in [-0.39, 0.29) is 17.3 Å². The minimum Gasteiger partial charge on any atom is -0.207 e. The van der Waals surface area contributed by atoms with Gasteiger partial charge in [0, 0.05) is 5.56 Å². The molecule has 1 aliphatic carbocycles. The molecule has 0 saturated heterocycles. The molecule has 0 aliphatic heterocycles. The van der Waals surface area contributed by atoms with Crippen molar-refractivity contribution in [1.29, 1.82) is 0 Å². The largest absolute Gasteiger partial charge is 0.207 e. The Morgan fingerprint density at radius 1 is 0.781 bits per heavy atom. The molecular weight excluding hydrogens is 405 g/mol. The highest BCUT2D eigenvalue weighted by Gasteiger charge is 2.25. The summed E-state index contributed by atoms with van der Waals surface area (Å²) in [5, 5.41) is 0. The summed E-state index contributed by atoms with van der Waals surface area (Å²) in [5.74, 6) is -0.896. The fourth-order valence-electron chi connectivity index (χ4n) is 4.59. The average Bonchev–Trinajstić information content (AvgIpc) is 2.81. The summed E-state index contributed by atoms with van der Waals surface area (Å²) < 4.78 is 43.8. The van der Waals surface area contributed by atoms with E-state index in [0.29, 0.717) is 29.0 Å². The van der Waals surface area contributed by atoms with Crippen LogP contribution in [0, 0.1) is 23.4 Å². The lowest BCUT2D eigenvalue weighted by Gasteiger charge is -2.27. The molecule has 0 amide bonds. The molecule has 32 heavy (non-hydrogen) atoms. The number of hydrogen-bond acceptors (Lipinski definition) is 0. The second-order valence-corrected chi connectivity index (χ2v) is 8.95. The Balaban J connectivity index is 1.51. The highest BCUT2D eigenvalue weighted by molar-refractivity contribution is 5.72. The van der Waals surface area contributed by atoms with Crippen LogP contribution in [0.2, 0.25) is 0 Å². The van der Waals surface area contributed by atoms with Crippen LogP contribution < -0.4 is 0 Å². The van der Waals surface area contributed by atoms with Crippen molar-refractivity contribution in [3.05, 3.63) is 94.3 Å². The van der Waals surface area contributed by atoms with Crippen LogP contribution in [-0.4, -0.2) is 0 Å². The van der Waals surface area contributed by atoms with Crippen molar-refractivity contribution in [2.75, 3.05) is 0 Å². The van der Waals surface area contributed by atoms with Crippen LogP contribution in [0.15, 0.2) is 54.6 Å². The van der Waals surface area contributed by atoms with Crippen molar-refractivity contribution in [3.8, 4) is 11.1 Å². The zero-order valence-electron chi connectivity index (χ0n) is 18.7. The molecule has 0 bridgehead atoms. The lowest BCUT2D eigenvalue weighted by Crippen LogP contribution is -2.13. The molecule has 3 aromatic carbocycles. The van der Waals surface area contributed by atoms with Crippen molar-refractivity contribution >= 4 is 12.2 Å². The van der Waals surface area contributed by atoms with Gasteiger partial charge >= 0.3 is 0 Å². The second kappa shape index (κ2) is 9.77. The molecule has 1 aliphatic rings. The van der Waals surface area contributed by atoms with Crippen LogP contribution >= 0.6 is 0 Å². The Bertz CT molecular complexity index is 1100. The predicted octanol–water partition coefficient (Wildman–Crippen LogP) is 8.80. The van der Waals surface area contributed by atoms with Crippen LogP contribution in [0.5, 0.6) is 0 Å². The van der Waals surface area contributed by atoms with Gasteiger partial charge in [0.15, 0.2) is 11.6 Å². The van der Waals surface area contributed by atoms with E-state index in [2.05, 4.69) is 6.92 Å². The summed E-state index contributed by atoms with van der Waals surface area (Å²) in [5.41, 5.74) is 3.82. The zero-order chi connectivity index (χ0) is 22.7. The van der Waals surface area contributed by atoms with E-state index in [9.17, 15) is 13.2 Å². The quantitative estimate of drug-likeness (QED) is 0.352. The Labute approximate surface area is 188 Å². The number of halogens is 3. The average molecular weight is 435 g/mol. The van der Waals surface area contributed by atoms with E-state index in [1.54, 1.807) is 30.3 Å². The molecule has 0 radical (unpaired) electrons. The Hall–Kier alpha value is -2.81. The minimum absolute atomic E-state index is 0.110. The van der Waals surface area contributed by atoms with Gasteiger partial charge in [0.1, 0.15) is 5.82 Å². The maximum absolute atomic E-state index is 14.9. The normalized spacial score (nSPS) is 18.9. The molecule has 4 rings (SSSR count). The summed E-state index contributed by atoms with van der Waals surface area (Å²) in [6.07, 6.45) is 8.36. The third-order valence-electron chi connectivity index (χ3n) is 6.72.